The van der Waals surface area contributed by atoms with Crippen molar-refractivity contribution < 1.29 is 14.7 Å². The van der Waals surface area contributed by atoms with Crippen molar-refractivity contribution in [3.63, 3.8) is 0 Å². The van der Waals surface area contributed by atoms with Gasteiger partial charge in [-0.25, -0.2) is 0 Å². The van der Waals surface area contributed by atoms with Gasteiger partial charge in [-0.15, -0.1) is 0 Å². The molecule has 0 saturated carbocycles. The highest BCUT2D eigenvalue weighted by molar-refractivity contribution is 6.18. The van der Waals surface area contributed by atoms with E-state index in [4.69, 9.17) is 5.73 Å². The van der Waals surface area contributed by atoms with Gasteiger partial charge >= 0.3 is 0 Å². The summed E-state index contributed by atoms with van der Waals surface area (Å²) in [6, 6.07) is 0. The molecule has 0 bridgehead atoms. The average molecular weight is 226 g/mol. The molecular weight excluding hydrogens is 206 g/mol. The minimum Gasteiger partial charge on any atom is -0.373 e. The fourth-order valence-electron chi connectivity index (χ4n) is 0.660. The van der Waals surface area contributed by atoms with Crippen molar-refractivity contribution in [3.8, 4) is 0 Å². The number of hydrogen-bond donors (Lipinski definition) is 2. The molecule has 1 radical (unpaired) electrons. The molecule has 0 amide bonds. The Kier molecular flexibility index (Phi) is 9.65. The molecule has 0 fully saturated rings. The Balaban J connectivity index is 0. The Morgan fingerprint density at radius 1 is 1.31 bits per heavy atom. The summed E-state index contributed by atoms with van der Waals surface area (Å²) < 4.78 is 0. The first-order valence-electron chi connectivity index (χ1n) is 4.99. The van der Waals surface area contributed by atoms with E-state index in [2.05, 4.69) is 27.0 Å². The first-order chi connectivity index (χ1) is 7.44. The molecule has 0 heterocycles. The lowest BCUT2D eigenvalue weighted by molar-refractivity contribution is -0.143. The van der Waals surface area contributed by atoms with E-state index >= 15 is 0 Å². The van der Waals surface area contributed by atoms with Crippen molar-refractivity contribution in [3.05, 3.63) is 32.2 Å². The number of carbonyl (C=O) groups excluding carboxylic acids is 2. The molecule has 0 aromatic heterocycles. The zero-order valence-electron chi connectivity index (χ0n) is 9.74. The molecular formula is C12H20NO3. The van der Waals surface area contributed by atoms with Gasteiger partial charge in [0.2, 0.25) is 5.60 Å². The summed E-state index contributed by atoms with van der Waals surface area (Å²) in [5, 5.41) is 9.39. The second-order valence-corrected chi connectivity index (χ2v) is 3.05. The summed E-state index contributed by atoms with van der Waals surface area (Å²) in [4.78, 5) is 21.9. The summed E-state index contributed by atoms with van der Waals surface area (Å²) in [5.74, 6) is -1.62. The fraction of sp³-hybridized carbons (Fsp3) is 0.417. The van der Waals surface area contributed by atoms with Crippen LogP contribution < -0.4 is 5.73 Å². The van der Waals surface area contributed by atoms with E-state index < -0.39 is 23.7 Å². The van der Waals surface area contributed by atoms with Crippen LogP contribution in [0.1, 0.15) is 19.8 Å². The first kappa shape index (κ1) is 17.1. The van der Waals surface area contributed by atoms with Crippen LogP contribution in [0.4, 0.5) is 0 Å². The van der Waals surface area contributed by atoms with Gasteiger partial charge in [0.05, 0.1) is 0 Å². The van der Waals surface area contributed by atoms with Crippen molar-refractivity contribution in [1.82, 2.24) is 0 Å². The van der Waals surface area contributed by atoms with Crippen LogP contribution in [0, 0.1) is 6.92 Å². The van der Waals surface area contributed by atoms with Gasteiger partial charge in [-0.1, -0.05) is 39.8 Å². The van der Waals surface area contributed by atoms with Crippen LogP contribution in [0.15, 0.2) is 25.3 Å². The topological polar surface area (TPSA) is 80.4 Å². The van der Waals surface area contributed by atoms with Crippen LogP contribution in [0.5, 0.6) is 0 Å². The minimum atomic E-state index is -2.18. The Labute approximate surface area is 96.8 Å². The summed E-state index contributed by atoms with van der Waals surface area (Å²) in [7, 11) is 0. The second-order valence-electron chi connectivity index (χ2n) is 3.05. The summed E-state index contributed by atoms with van der Waals surface area (Å²) in [6.45, 7) is 11.5. The molecule has 0 rings (SSSR count). The molecule has 3 N–H and O–H groups in total. The molecule has 0 aliphatic carbocycles. The highest BCUT2D eigenvalue weighted by atomic mass is 16.3. The van der Waals surface area contributed by atoms with Crippen LogP contribution in [0.25, 0.3) is 0 Å². The number of hydrogen-bond acceptors (Lipinski definition) is 4. The maximum atomic E-state index is 10.9. The zero-order chi connectivity index (χ0) is 13.2. The van der Waals surface area contributed by atoms with Gasteiger partial charge in [-0.05, 0) is 12.2 Å². The molecule has 0 aromatic carbocycles. The van der Waals surface area contributed by atoms with Crippen molar-refractivity contribution in [2.24, 2.45) is 5.73 Å². The zero-order valence-corrected chi connectivity index (χ0v) is 9.74. The van der Waals surface area contributed by atoms with Gasteiger partial charge in [0.25, 0.3) is 0 Å². The predicted molar refractivity (Wildman–Crippen MR) is 64.7 cm³/mol. The Bertz CT molecular complexity index is 237. The number of rotatable bonds is 6. The number of aliphatic hydroxyl groups is 1. The number of nitrogens with two attached hydrogens (primary N) is 1. The SMILES string of the molecule is C=CC(=O)C(O)(CN)C(=O)C=C.[CH2]CCC. The minimum absolute atomic E-state index is 0.470. The van der Waals surface area contributed by atoms with Gasteiger partial charge in [-0.3, -0.25) is 9.59 Å². The molecule has 0 aliphatic heterocycles. The monoisotopic (exact) mass is 226 g/mol. The molecule has 91 valence electrons. The van der Waals surface area contributed by atoms with E-state index in [1.54, 1.807) is 0 Å². The molecule has 16 heavy (non-hydrogen) atoms. The van der Waals surface area contributed by atoms with Crippen LogP contribution >= 0.6 is 0 Å². The molecule has 0 spiro atoms. The smallest absolute Gasteiger partial charge is 0.201 e. The highest BCUT2D eigenvalue weighted by Crippen LogP contribution is 2.07. The van der Waals surface area contributed by atoms with E-state index in [9.17, 15) is 14.7 Å². The van der Waals surface area contributed by atoms with Gasteiger partial charge in [0, 0.05) is 6.54 Å². The maximum Gasteiger partial charge on any atom is 0.201 e. The van der Waals surface area contributed by atoms with E-state index in [1.165, 1.54) is 6.42 Å². The molecule has 4 nitrogen and oxygen atoms in total. The number of carbonyl (C=O) groups is 2. The summed E-state index contributed by atoms with van der Waals surface area (Å²) in [6.07, 6.45) is 3.99. The van der Waals surface area contributed by atoms with E-state index in [0.29, 0.717) is 0 Å². The predicted octanol–water partition coefficient (Wildman–Crippen LogP) is 0.807. The van der Waals surface area contributed by atoms with Crippen LogP contribution in [-0.4, -0.2) is 28.8 Å². The molecule has 0 aromatic rings. The molecule has 0 aliphatic rings. The van der Waals surface area contributed by atoms with E-state index in [0.717, 1.165) is 18.6 Å². The van der Waals surface area contributed by atoms with Crippen LogP contribution in [0.2, 0.25) is 0 Å². The Morgan fingerprint density at radius 3 is 1.75 bits per heavy atom. The van der Waals surface area contributed by atoms with Crippen molar-refractivity contribution in [2.45, 2.75) is 25.4 Å². The summed E-state index contributed by atoms with van der Waals surface area (Å²) >= 11 is 0. The largest absolute Gasteiger partial charge is 0.373 e. The molecule has 0 atom stereocenters. The third-order valence-electron chi connectivity index (χ3n) is 1.84. The van der Waals surface area contributed by atoms with Crippen molar-refractivity contribution in [1.29, 1.82) is 0 Å². The lowest BCUT2D eigenvalue weighted by Gasteiger charge is -2.19. The Hall–Kier alpha value is -1.26. The van der Waals surface area contributed by atoms with Crippen molar-refractivity contribution in [2.75, 3.05) is 6.54 Å². The average Bonchev–Trinajstić information content (AvgIpc) is 2.35. The number of ketones is 2. The van der Waals surface area contributed by atoms with E-state index in [-0.39, 0.29) is 0 Å². The maximum absolute atomic E-state index is 10.9. The van der Waals surface area contributed by atoms with Crippen LogP contribution in [-0.2, 0) is 9.59 Å². The van der Waals surface area contributed by atoms with Gasteiger partial charge in [0.15, 0.2) is 11.6 Å². The third kappa shape index (κ3) is 5.00. The molecule has 0 unspecified atom stereocenters. The molecule has 4 heteroatoms. The second kappa shape index (κ2) is 9.00. The third-order valence-corrected chi connectivity index (χ3v) is 1.84. The van der Waals surface area contributed by atoms with Crippen LogP contribution in [0.3, 0.4) is 0 Å². The van der Waals surface area contributed by atoms with Gasteiger partial charge < -0.3 is 10.8 Å². The highest BCUT2D eigenvalue weighted by Gasteiger charge is 2.38. The fourth-order valence-corrected chi connectivity index (χ4v) is 0.660. The van der Waals surface area contributed by atoms with E-state index in [1.807, 2.05) is 0 Å². The Morgan fingerprint density at radius 2 is 1.62 bits per heavy atom. The standard InChI is InChI=1S/C8H11NO3.C4H9/c1-3-6(10)8(12,5-9)7(11)4-2;1-3-4-2/h3-4,12H,1-2,5,9H2;1,3-4H2,2H3. The van der Waals surface area contributed by atoms with Gasteiger partial charge in [-0.2, -0.15) is 0 Å². The van der Waals surface area contributed by atoms with Gasteiger partial charge in [0.1, 0.15) is 0 Å². The molecule has 0 saturated heterocycles. The summed E-state index contributed by atoms with van der Waals surface area (Å²) in [5.41, 5.74) is 2.90. The lowest BCUT2D eigenvalue weighted by Crippen LogP contribution is -2.51. The lowest BCUT2D eigenvalue weighted by atomic mass is 9.93. The quantitative estimate of drug-likeness (QED) is 0.518. The van der Waals surface area contributed by atoms with Crippen molar-refractivity contribution >= 4 is 11.6 Å². The first-order valence-corrected chi connectivity index (χ1v) is 4.99. The normalized spacial score (nSPS) is 9.75. The number of unbranched alkanes of at least 4 members (excludes halogenated alkanes) is 1.